The molecule has 17 heavy (non-hydrogen) atoms. The molecule has 2 aromatic heterocycles. The van der Waals surface area contributed by atoms with Crippen molar-refractivity contribution < 1.29 is 8.78 Å². The molecular formula is C13H7F2NS. The number of benzene rings is 1. The minimum absolute atomic E-state index is 0.270. The fraction of sp³-hybridized carbons (Fsp3) is 0. The van der Waals surface area contributed by atoms with E-state index in [1.54, 1.807) is 12.1 Å². The van der Waals surface area contributed by atoms with Crippen LogP contribution in [0.25, 0.3) is 21.3 Å². The molecule has 0 amide bonds. The third-order valence-corrected chi connectivity index (χ3v) is 3.54. The lowest BCUT2D eigenvalue weighted by Crippen LogP contribution is -1.81. The van der Waals surface area contributed by atoms with E-state index in [1.165, 1.54) is 35.7 Å². The van der Waals surface area contributed by atoms with Crippen molar-refractivity contribution in [2.45, 2.75) is 0 Å². The Morgan fingerprint density at radius 2 is 1.76 bits per heavy atom. The van der Waals surface area contributed by atoms with Crippen molar-refractivity contribution in [1.29, 1.82) is 0 Å². The molecular weight excluding hydrogens is 240 g/mol. The number of thiophene rings is 1. The topological polar surface area (TPSA) is 12.9 Å². The second-order valence-electron chi connectivity index (χ2n) is 3.63. The largest absolute Gasteiger partial charge is 0.254 e. The van der Waals surface area contributed by atoms with E-state index in [9.17, 15) is 8.78 Å². The summed E-state index contributed by atoms with van der Waals surface area (Å²) < 4.78 is 26.9. The molecule has 2 heterocycles. The summed E-state index contributed by atoms with van der Waals surface area (Å²) in [6.07, 6.45) is 1.44. The number of fused-ring (bicyclic) bond motifs is 1. The predicted octanol–water partition coefficient (Wildman–Crippen LogP) is 4.24. The molecule has 0 unspecified atom stereocenters. The monoisotopic (exact) mass is 247 g/mol. The van der Waals surface area contributed by atoms with Crippen LogP contribution in [0.4, 0.5) is 8.78 Å². The quantitative estimate of drug-likeness (QED) is 0.626. The zero-order valence-electron chi connectivity index (χ0n) is 8.65. The second kappa shape index (κ2) is 3.89. The van der Waals surface area contributed by atoms with E-state index in [0.717, 1.165) is 11.1 Å². The van der Waals surface area contributed by atoms with Gasteiger partial charge < -0.3 is 0 Å². The average Bonchev–Trinajstić information content (AvgIpc) is 2.75. The summed E-state index contributed by atoms with van der Waals surface area (Å²) >= 11 is 1.31. The van der Waals surface area contributed by atoms with E-state index >= 15 is 0 Å². The summed E-state index contributed by atoms with van der Waals surface area (Å²) in [5.74, 6) is -0.555. The highest BCUT2D eigenvalue weighted by Gasteiger charge is 2.10. The normalized spacial score (nSPS) is 10.9. The van der Waals surface area contributed by atoms with Gasteiger partial charge in [-0.25, -0.2) is 8.78 Å². The number of aromatic nitrogens is 1. The molecule has 0 N–H and O–H groups in total. The van der Waals surface area contributed by atoms with Gasteiger partial charge in [-0.2, -0.15) is 0 Å². The molecule has 0 fully saturated rings. The minimum atomic E-state index is -0.285. The van der Waals surface area contributed by atoms with Gasteiger partial charge in [-0.3, -0.25) is 4.98 Å². The van der Waals surface area contributed by atoms with Crippen LogP contribution in [0.1, 0.15) is 0 Å². The highest BCUT2D eigenvalue weighted by atomic mass is 32.1. The highest BCUT2D eigenvalue weighted by Crippen LogP contribution is 2.33. The molecule has 0 aliphatic carbocycles. The van der Waals surface area contributed by atoms with Crippen molar-refractivity contribution in [1.82, 2.24) is 4.98 Å². The molecule has 84 valence electrons. The lowest BCUT2D eigenvalue weighted by atomic mass is 10.1. The van der Waals surface area contributed by atoms with Crippen molar-refractivity contribution in [3.05, 3.63) is 53.5 Å². The van der Waals surface area contributed by atoms with E-state index in [-0.39, 0.29) is 11.6 Å². The summed E-state index contributed by atoms with van der Waals surface area (Å²) in [5, 5.41) is 1.84. The summed E-state index contributed by atoms with van der Waals surface area (Å²) in [5.41, 5.74) is 2.31. The van der Waals surface area contributed by atoms with Crippen molar-refractivity contribution in [2.75, 3.05) is 0 Å². The van der Waals surface area contributed by atoms with Crippen LogP contribution in [0.2, 0.25) is 0 Å². The molecule has 3 aromatic rings. The summed E-state index contributed by atoms with van der Waals surface area (Å²) in [6, 6.07) is 7.45. The number of hydrogen-bond acceptors (Lipinski definition) is 2. The van der Waals surface area contributed by atoms with E-state index in [4.69, 9.17) is 0 Å². The first kappa shape index (κ1) is 10.4. The van der Waals surface area contributed by atoms with E-state index < -0.39 is 0 Å². The maximum atomic E-state index is 13.5. The minimum Gasteiger partial charge on any atom is -0.254 e. The van der Waals surface area contributed by atoms with Gasteiger partial charge in [0, 0.05) is 17.1 Å². The van der Waals surface area contributed by atoms with Crippen molar-refractivity contribution in [2.24, 2.45) is 0 Å². The van der Waals surface area contributed by atoms with Gasteiger partial charge in [0.25, 0.3) is 0 Å². The third-order valence-electron chi connectivity index (χ3n) is 2.56. The Morgan fingerprint density at radius 1 is 1.00 bits per heavy atom. The fourth-order valence-corrected chi connectivity index (χ4v) is 2.67. The van der Waals surface area contributed by atoms with Crippen LogP contribution in [-0.2, 0) is 0 Å². The van der Waals surface area contributed by atoms with E-state index in [1.807, 2.05) is 5.38 Å². The Kier molecular flexibility index (Phi) is 2.37. The first-order valence-corrected chi connectivity index (χ1v) is 5.91. The number of hydrogen-bond donors (Lipinski definition) is 0. The van der Waals surface area contributed by atoms with Gasteiger partial charge in [0.2, 0.25) is 0 Å². The molecule has 0 aliphatic rings. The Balaban J connectivity index is 2.24. The Bertz CT molecular complexity index is 673. The Hall–Kier alpha value is -1.81. The molecule has 0 bridgehead atoms. The number of rotatable bonds is 1. The maximum Gasteiger partial charge on any atom is 0.144 e. The number of nitrogens with zero attached hydrogens (tertiary/aromatic N) is 1. The maximum absolute atomic E-state index is 13.5. The predicted molar refractivity (Wildman–Crippen MR) is 65.0 cm³/mol. The van der Waals surface area contributed by atoms with Crippen LogP contribution in [0.3, 0.4) is 0 Å². The lowest BCUT2D eigenvalue weighted by molar-refractivity contribution is 0.628. The average molecular weight is 247 g/mol. The molecule has 0 saturated carbocycles. The van der Waals surface area contributed by atoms with Crippen LogP contribution in [0.5, 0.6) is 0 Å². The van der Waals surface area contributed by atoms with Gasteiger partial charge >= 0.3 is 0 Å². The molecule has 0 spiro atoms. The summed E-state index contributed by atoms with van der Waals surface area (Å²) in [4.78, 5) is 4.18. The van der Waals surface area contributed by atoms with Crippen molar-refractivity contribution in [3.63, 3.8) is 0 Å². The van der Waals surface area contributed by atoms with Gasteiger partial charge in [0.05, 0.1) is 10.2 Å². The van der Waals surface area contributed by atoms with Gasteiger partial charge in [-0.15, -0.1) is 11.3 Å². The molecule has 0 aliphatic heterocycles. The Morgan fingerprint density at radius 3 is 2.53 bits per heavy atom. The number of halogens is 2. The molecule has 0 atom stereocenters. The second-order valence-corrected chi connectivity index (χ2v) is 4.51. The van der Waals surface area contributed by atoms with Gasteiger partial charge in [0.1, 0.15) is 11.6 Å². The lowest BCUT2D eigenvalue weighted by Gasteiger charge is -1.99. The smallest absolute Gasteiger partial charge is 0.144 e. The van der Waals surface area contributed by atoms with Crippen LogP contribution in [-0.4, -0.2) is 4.98 Å². The fourth-order valence-electron chi connectivity index (χ4n) is 1.74. The van der Waals surface area contributed by atoms with Crippen LogP contribution < -0.4 is 0 Å². The number of pyridine rings is 1. The SMILES string of the molecule is Fc1ccc(-c2csc3c(F)ccnc23)cc1. The van der Waals surface area contributed by atoms with Crippen LogP contribution in [0.15, 0.2) is 41.9 Å². The zero-order valence-corrected chi connectivity index (χ0v) is 9.47. The van der Waals surface area contributed by atoms with Crippen LogP contribution in [0, 0.1) is 11.6 Å². The molecule has 0 saturated heterocycles. The summed E-state index contributed by atoms with van der Waals surface area (Å²) in [6.45, 7) is 0. The zero-order chi connectivity index (χ0) is 11.8. The van der Waals surface area contributed by atoms with Crippen molar-refractivity contribution in [3.8, 4) is 11.1 Å². The third kappa shape index (κ3) is 1.70. The van der Waals surface area contributed by atoms with Gasteiger partial charge in [0.15, 0.2) is 0 Å². The molecule has 3 rings (SSSR count). The molecule has 0 radical (unpaired) electrons. The highest BCUT2D eigenvalue weighted by molar-refractivity contribution is 7.17. The van der Waals surface area contributed by atoms with Crippen molar-refractivity contribution >= 4 is 21.6 Å². The van der Waals surface area contributed by atoms with Gasteiger partial charge in [-0.05, 0) is 23.8 Å². The summed E-state index contributed by atoms with van der Waals surface area (Å²) in [7, 11) is 0. The molecule has 4 heteroatoms. The Labute approximate surface area is 100 Å². The van der Waals surface area contributed by atoms with E-state index in [0.29, 0.717) is 10.2 Å². The van der Waals surface area contributed by atoms with E-state index in [2.05, 4.69) is 4.98 Å². The molecule has 1 aromatic carbocycles. The van der Waals surface area contributed by atoms with Gasteiger partial charge in [-0.1, -0.05) is 12.1 Å². The standard InChI is InChI=1S/C13H7F2NS/c14-9-3-1-8(2-4-9)10-7-17-13-11(15)5-6-16-12(10)13/h1-7H. The first-order valence-electron chi connectivity index (χ1n) is 5.03. The van der Waals surface area contributed by atoms with Crippen LogP contribution >= 0.6 is 11.3 Å². The first-order chi connectivity index (χ1) is 8.25. The molecule has 1 nitrogen and oxygen atoms in total.